The van der Waals surface area contributed by atoms with Crippen molar-refractivity contribution in [3.8, 4) is 0 Å². The molecule has 0 spiro atoms. The fraction of sp³-hybridized carbons (Fsp3) is 0.529. The third-order valence-electron chi connectivity index (χ3n) is 6.26. The van der Waals surface area contributed by atoms with Crippen LogP contribution in [0.25, 0.3) is 0 Å². The molecule has 0 N–H and O–H groups in total. The number of ketones is 2. The van der Waals surface area contributed by atoms with E-state index in [4.69, 9.17) is 17.7 Å². The summed E-state index contributed by atoms with van der Waals surface area (Å²) in [6.45, 7) is 19.7. The van der Waals surface area contributed by atoms with Gasteiger partial charge in [-0.3, -0.25) is 9.59 Å². The topological polar surface area (TPSA) is 105 Å². The summed E-state index contributed by atoms with van der Waals surface area (Å²) in [5.74, 6) is -2.70. The Labute approximate surface area is 273 Å². The predicted octanol–water partition coefficient (Wildman–Crippen LogP) is 8.35. The van der Waals surface area contributed by atoms with Gasteiger partial charge in [0.1, 0.15) is 6.10 Å². The van der Waals surface area contributed by atoms with Crippen molar-refractivity contribution in [1.29, 1.82) is 0 Å². The van der Waals surface area contributed by atoms with Gasteiger partial charge in [0.25, 0.3) is 11.6 Å². The first kappa shape index (κ1) is 40.3. The zero-order valence-electron chi connectivity index (χ0n) is 28.8. The van der Waals surface area contributed by atoms with E-state index >= 15 is 0 Å². The Morgan fingerprint density at radius 3 is 1.51 bits per heavy atom. The Balaban J connectivity index is 0.000000562. The van der Waals surface area contributed by atoms with Crippen LogP contribution in [0.5, 0.6) is 0 Å². The third-order valence-corrected chi connectivity index (χ3v) is 15.9. The molecule has 0 bridgehead atoms. The number of esters is 2. The first-order valence-corrected chi connectivity index (χ1v) is 25.3. The summed E-state index contributed by atoms with van der Waals surface area (Å²) in [5, 5.41) is 0. The summed E-state index contributed by atoms with van der Waals surface area (Å²) in [4.78, 5) is 47.4. The summed E-state index contributed by atoms with van der Waals surface area (Å²) >= 11 is 0. The standard InChI is InChI=1S/C22H40O5Si3.C12H14O3/c1-9-14-20(25-22(24)21(23)19-15-11-10-12-16-19)17-13-18-30(8,26-28(2,3)4)27-29(5,6)7;1-2-3-9-15-12(14)11(13)10-7-5-4-6-8-10/h10-12,15-16,20H,9,13-14,17-18H2,1-8H3;4-8H,2-3,9H2,1H3. The van der Waals surface area contributed by atoms with Crippen molar-refractivity contribution in [2.24, 2.45) is 0 Å². The van der Waals surface area contributed by atoms with E-state index in [1.54, 1.807) is 54.6 Å². The molecule has 0 saturated carbocycles. The van der Waals surface area contributed by atoms with E-state index in [9.17, 15) is 19.2 Å². The first-order valence-electron chi connectivity index (χ1n) is 16.0. The van der Waals surface area contributed by atoms with Crippen LogP contribution in [0, 0.1) is 0 Å². The van der Waals surface area contributed by atoms with E-state index in [0.717, 1.165) is 38.1 Å². The molecule has 0 fully saturated rings. The maximum absolute atomic E-state index is 12.4. The SMILES string of the molecule is CCCC(CCC[Si](C)(O[Si](C)(C)C)O[Si](C)(C)C)OC(=O)C(=O)c1ccccc1.CCCCOC(=O)C(=O)c1ccccc1. The summed E-state index contributed by atoms with van der Waals surface area (Å²) < 4.78 is 23.5. The predicted molar refractivity (Wildman–Crippen MR) is 187 cm³/mol. The van der Waals surface area contributed by atoms with E-state index < -0.39 is 48.7 Å². The molecule has 0 radical (unpaired) electrons. The van der Waals surface area contributed by atoms with Gasteiger partial charge in [0.15, 0.2) is 16.6 Å². The second-order valence-corrected chi connectivity index (χ2v) is 26.0. The van der Waals surface area contributed by atoms with Crippen molar-refractivity contribution < 1.29 is 36.9 Å². The van der Waals surface area contributed by atoms with Crippen LogP contribution in [0.15, 0.2) is 60.7 Å². The van der Waals surface area contributed by atoms with Crippen LogP contribution in [-0.4, -0.2) is 61.4 Å². The molecule has 0 saturated heterocycles. The third kappa shape index (κ3) is 17.5. The molecule has 2 aromatic carbocycles. The summed E-state index contributed by atoms with van der Waals surface area (Å²) in [6, 6.07) is 17.9. The lowest BCUT2D eigenvalue weighted by Gasteiger charge is -2.38. The minimum absolute atomic E-state index is 0.257. The molecule has 1 atom stereocenters. The fourth-order valence-electron chi connectivity index (χ4n) is 4.65. The Morgan fingerprint density at radius 2 is 1.09 bits per heavy atom. The number of carbonyl (C=O) groups is 4. The van der Waals surface area contributed by atoms with E-state index in [-0.39, 0.29) is 6.10 Å². The second kappa shape index (κ2) is 19.7. The number of hydrogen-bond acceptors (Lipinski definition) is 8. The van der Waals surface area contributed by atoms with Gasteiger partial charge in [-0.2, -0.15) is 0 Å². The molecule has 0 aliphatic rings. The Hall–Kier alpha value is -2.71. The van der Waals surface area contributed by atoms with Crippen LogP contribution >= 0.6 is 0 Å². The van der Waals surface area contributed by atoms with Crippen LogP contribution in [-0.2, 0) is 27.3 Å². The normalized spacial score (nSPS) is 12.4. The largest absolute Gasteiger partial charge is 0.460 e. The summed E-state index contributed by atoms with van der Waals surface area (Å²) in [6.07, 6.45) is 4.68. The van der Waals surface area contributed by atoms with Gasteiger partial charge in [-0.1, -0.05) is 87.4 Å². The average molecular weight is 675 g/mol. The van der Waals surface area contributed by atoms with Crippen molar-refractivity contribution >= 4 is 48.7 Å². The Bertz CT molecular complexity index is 1180. The van der Waals surface area contributed by atoms with Gasteiger partial charge in [0.2, 0.25) is 0 Å². The van der Waals surface area contributed by atoms with Gasteiger partial charge in [-0.25, -0.2) is 9.59 Å². The minimum atomic E-state index is -2.31. The second-order valence-electron chi connectivity index (χ2n) is 13.2. The van der Waals surface area contributed by atoms with Crippen LogP contribution in [0.4, 0.5) is 0 Å². The molecule has 2 rings (SSSR count). The minimum Gasteiger partial charge on any atom is -0.460 e. The number of unbranched alkanes of at least 4 members (excludes halogenated alkanes) is 1. The van der Waals surface area contributed by atoms with Crippen molar-refractivity contribution in [2.75, 3.05) is 6.61 Å². The van der Waals surface area contributed by atoms with Gasteiger partial charge >= 0.3 is 20.5 Å². The van der Waals surface area contributed by atoms with E-state index in [1.807, 2.05) is 13.0 Å². The van der Waals surface area contributed by atoms with Gasteiger partial charge in [-0.15, -0.1) is 0 Å². The maximum Gasteiger partial charge on any atom is 0.379 e. The fourth-order valence-corrected chi connectivity index (χ4v) is 17.2. The number of rotatable bonds is 18. The zero-order valence-corrected chi connectivity index (χ0v) is 31.8. The van der Waals surface area contributed by atoms with Crippen LogP contribution in [0.3, 0.4) is 0 Å². The van der Waals surface area contributed by atoms with Crippen molar-refractivity contribution in [1.82, 2.24) is 0 Å². The van der Waals surface area contributed by atoms with Crippen LogP contribution in [0.2, 0.25) is 51.9 Å². The number of hydrogen-bond donors (Lipinski definition) is 0. The van der Waals surface area contributed by atoms with Gasteiger partial charge in [0.05, 0.1) is 6.61 Å². The van der Waals surface area contributed by atoms with Gasteiger partial charge < -0.3 is 17.7 Å². The van der Waals surface area contributed by atoms with Gasteiger partial charge in [-0.05, 0) is 77.6 Å². The Morgan fingerprint density at radius 1 is 0.622 bits per heavy atom. The Kier molecular flexibility index (Phi) is 17.7. The number of ether oxygens (including phenoxy) is 2. The monoisotopic (exact) mass is 674 g/mol. The van der Waals surface area contributed by atoms with E-state index in [1.165, 1.54) is 0 Å². The number of benzene rings is 2. The van der Waals surface area contributed by atoms with E-state index in [0.29, 0.717) is 24.2 Å². The quantitative estimate of drug-likeness (QED) is 0.0511. The molecule has 45 heavy (non-hydrogen) atoms. The highest BCUT2D eigenvalue weighted by molar-refractivity contribution is 6.87. The lowest BCUT2D eigenvalue weighted by molar-refractivity contribution is -0.144. The highest BCUT2D eigenvalue weighted by Gasteiger charge is 2.40. The summed E-state index contributed by atoms with van der Waals surface area (Å²) in [5.41, 5.74) is 0.740. The molecule has 11 heteroatoms. The molecule has 0 amide bonds. The van der Waals surface area contributed by atoms with Crippen molar-refractivity contribution in [3.05, 3.63) is 71.8 Å². The molecule has 0 aliphatic heterocycles. The molecular weight excluding hydrogens is 621 g/mol. The molecule has 0 aliphatic carbocycles. The highest BCUT2D eigenvalue weighted by Crippen LogP contribution is 2.27. The summed E-state index contributed by atoms with van der Waals surface area (Å²) in [7, 11) is -5.78. The number of carbonyl (C=O) groups excluding carboxylic acids is 4. The van der Waals surface area contributed by atoms with Gasteiger partial charge in [0, 0.05) is 11.1 Å². The molecular formula is C34H54O8Si3. The average Bonchev–Trinajstić information content (AvgIpc) is 2.95. The molecule has 2 aromatic rings. The molecule has 8 nitrogen and oxygen atoms in total. The van der Waals surface area contributed by atoms with Crippen LogP contribution < -0.4 is 0 Å². The number of Topliss-reactive ketones (excluding diaryl/α,β-unsaturated/α-hetero) is 2. The highest BCUT2D eigenvalue weighted by atomic mass is 28.5. The first-order chi connectivity index (χ1) is 21.0. The van der Waals surface area contributed by atoms with Crippen molar-refractivity contribution in [2.45, 2.75) is 110 Å². The smallest absolute Gasteiger partial charge is 0.379 e. The van der Waals surface area contributed by atoms with Crippen LogP contribution in [0.1, 0.15) is 73.1 Å². The molecule has 0 aromatic heterocycles. The zero-order chi connectivity index (χ0) is 34.1. The van der Waals surface area contributed by atoms with Crippen molar-refractivity contribution in [3.63, 3.8) is 0 Å². The lowest BCUT2D eigenvalue weighted by atomic mass is 10.1. The molecule has 0 heterocycles. The maximum atomic E-state index is 12.4. The molecule has 1 unspecified atom stereocenters. The lowest BCUT2D eigenvalue weighted by Crippen LogP contribution is -2.52. The molecule has 250 valence electrons. The van der Waals surface area contributed by atoms with E-state index in [2.05, 4.69) is 52.8 Å².